The molecule has 0 saturated carbocycles. The van der Waals surface area contributed by atoms with E-state index in [-0.39, 0.29) is 12.0 Å². The van der Waals surface area contributed by atoms with Crippen molar-refractivity contribution in [2.45, 2.75) is 25.5 Å². The van der Waals surface area contributed by atoms with Crippen LogP contribution in [0.2, 0.25) is 0 Å². The molecule has 2 atom stereocenters. The Morgan fingerprint density at radius 3 is 2.88 bits per heavy atom. The van der Waals surface area contributed by atoms with E-state index in [1.807, 2.05) is 31.3 Å². The van der Waals surface area contributed by atoms with Crippen molar-refractivity contribution in [2.75, 3.05) is 13.7 Å². The van der Waals surface area contributed by atoms with Crippen molar-refractivity contribution in [3.63, 3.8) is 0 Å². The Morgan fingerprint density at radius 1 is 1.47 bits per heavy atom. The summed E-state index contributed by atoms with van der Waals surface area (Å²) in [7, 11) is 1.89. The van der Waals surface area contributed by atoms with Crippen molar-refractivity contribution in [2.24, 2.45) is 0 Å². The first-order valence-corrected chi connectivity index (χ1v) is 5.82. The molecule has 2 rings (SSSR count). The van der Waals surface area contributed by atoms with Gasteiger partial charge in [0, 0.05) is 18.0 Å². The minimum Gasteiger partial charge on any atom is -0.478 e. The number of esters is 1. The van der Waals surface area contributed by atoms with Gasteiger partial charge in [0.05, 0.1) is 6.61 Å². The van der Waals surface area contributed by atoms with Gasteiger partial charge < -0.3 is 14.8 Å². The number of para-hydroxylation sites is 1. The van der Waals surface area contributed by atoms with Crippen LogP contribution in [0.3, 0.4) is 0 Å². The third-order valence-electron chi connectivity index (χ3n) is 2.98. The van der Waals surface area contributed by atoms with E-state index in [0.717, 1.165) is 11.3 Å². The number of hydrogen-bond donors (Lipinski definition) is 1. The van der Waals surface area contributed by atoms with Crippen LogP contribution in [0.1, 0.15) is 24.9 Å². The molecule has 1 aliphatic heterocycles. The fraction of sp³-hybridized carbons (Fsp3) is 0.462. The second kappa shape index (κ2) is 5.19. The predicted octanol–water partition coefficient (Wildman–Crippen LogP) is 1.66. The Kier molecular flexibility index (Phi) is 3.64. The van der Waals surface area contributed by atoms with Gasteiger partial charge in [0.1, 0.15) is 5.75 Å². The minimum atomic E-state index is -0.458. The monoisotopic (exact) mass is 235 g/mol. The lowest BCUT2D eigenvalue weighted by molar-refractivity contribution is -0.143. The Balaban J connectivity index is 2.17. The van der Waals surface area contributed by atoms with Gasteiger partial charge in [0.15, 0.2) is 6.10 Å². The summed E-state index contributed by atoms with van der Waals surface area (Å²) in [6, 6.07) is 7.93. The van der Waals surface area contributed by atoms with Crippen molar-refractivity contribution in [1.82, 2.24) is 5.32 Å². The van der Waals surface area contributed by atoms with Crippen LogP contribution in [0.4, 0.5) is 0 Å². The number of nitrogens with one attached hydrogen (secondary N) is 1. The number of carbonyl (C=O) groups excluding carboxylic acids is 1. The molecule has 0 aliphatic carbocycles. The third kappa shape index (κ3) is 2.58. The lowest BCUT2D eigenvalue weighted by Crippen LogP contribution is -2.23. The summed E-state index contributed by atoms with van der Waals surface area (Å²) in [5.74, 6) is 0.482. The van der Waals surface area contributed by atoms with Crippen LogP contribution in [0.15, 0.2) is 24.3 Å². The molecule has 92 valence electrons. The van der Waals surface area contributed by atoms with E-state index >= 15 is 0 Å². The largest absolute Gasteiger partial charge is 0.478 e. The molecule has 4 nitrogen and oxygen atoms in total. The normalized spacial score (nSPS) is 21.1. The van der Waals surface area contributed by atoms with Crippen molar-refractivity contribution in [3.05, 3.63) is 29.8 Å². The van der Waals surface area contributed by atoms with Crippen molar-refractivity contribution in [1.29, 1.82) is 0 Å². The van der Waals surface area contributed by atoms with E-state index in [0.29, 0.717) is 13.0 Å². The number of ether oxygens (including phenoxy) is 2. The molecule has 1 fully saturated rings. The highest BCUT2D eigenvalue weighted by Crippen LogP contribution is 2.27. The van der Waals surface area contributed by atoms with Crippen LogP contribution in [-0.2, 0) is 9.53 Å². The second-order valence-corrected chi connectivity index (χ2v) is 4.11. The van der Waals surface area contributed by atoms with Gasteiger partial charge in [-0.05, 0) is 20.0 Å². The van der Waals surface area contributed by atoms with Gasteiger partial charge in [-0.1, -0.05) is 18.2 Å². The van der Waals surface area contributed by atoms with Gasteiger partial charge in [-0.3, -0.25) is 0 Å². The number of hydrogen-bond acceptors (Lipinski definition) is 4. The van der Waals surface area contributed by atoms with Crippen LogP contribution in [0, 0.1) is 0 Å². The minimum absolute atomic E-state index is 0.184. The van der Waals surface area contributed by atoms with Gasteiger partial charge >= 0.3 is 5.97 Å². The van der Waals surface area contributed by atoms with Gasteiger partial charge in [-0.25, -0.2) is 4.79 Å². The number of benzene rings is 1. The smallest absolute Gasteiger partial charge is 0.347 e. The SMILES string of the molecule is CNC(C)c1ccccc1OC1CCOC1=O. The summed E-state index contributed by atoms with van der Waals surface area (Å²) < 4.78 is 10.6. The molecule has 4 heteroatoms. The summed E-state index contributed by atoms with van der Waals surface area (Å²) in [5, 5.41) is 3.16. The highest BCUT2D eigenvalue weighted by molar-refractivity contribution is 5.76. The van der Waals surface area contributed by atoms with E-state index in [2.05, 4.69) is 12.2 Å². The Labute approximate surface area is 101 Å². The summed E-state index contributed by atoms with van der Waals surface area (Å²) in [5.41, 5.74) is 1.05. The fourth-order valence-corrected chi connectivity index (χ4v) is 1.84. The Bertz CT molecular complexity index is 405. The predicted molar refractivity (Wildman–Crippen MR) is 63.9 cm³/mol. The third-order valence-corrected chi connectivity index (χ3v) is 2.98. The molecule has 1 aromatic carbocycles. The molecule has 0 spiro atoms. The zero-order valence-electron chi connectivity index (χ0n) is 10.1. The van der Waals surface area contributed by atoms with Crippen LogP contribution >= 0.6 is 0 Å². The second-order valence-electron chi connectivity index (χ2n) is 4.11. The van der Waals surface area contributed by atoms with Crippen LogP contribution in [-0.4, -0.2) is 25.7 Å². The van der Waals surface area contributed by atoms with Crippen molar-refractivity contribution < 1.29 is 14.3 Å². The van der Waals surface area contributed by atoms with Gasteiger partial charge in [0.2, 0.25) is 0 Å². The first-order chi connectivity index (χ1) is 8.22. The molecule has 0 bridgehead atoms. The molecular formula is C13H17NO3. The van der Waals surface area contributed by atoms with E-state index < -0.39 is 6.10 Å². The topological polar surface area (TPSA) is 47.6 Å². The maximum atomic E-state index is 11.4. The van der Waals surface area contributed by atoms with E-state index in [9.17, 15) is 4.79 Å². The number of carbonyl (C=O) groups is 1. The zero-order chi connectivity index (χ0) is 12.3. The highest BCUT2D eigenvalue weighted by Gasteiger charge is 2.29. The molecule has 1 saturated heterocycles. The number of rotatable bonds is 4. The fourth-order valence-electron chi connectivity index (χ4n) is 1.84. The first kappa shape index (κ1) is 11.9. The first-order valence-electron chi connectivity index (χ1n) is 5.82. The lowest BCUT2D eigenvalue weighted by atomic mass is 10.1. The molecule has 1 aromatic rings. The van der Waals surface area contributed by atoms with Crippen LogP contribution in [0.25, 0.3) is 0 Å². The Hall–Kier alpha value is -1.55. The average Bonchev–Trinajstić information content (AvgIpc) is 2.75. The number of cyclic esters (lactones) is 1. The molecule has 0 amide bonds. The zero-order valence-corrected chi connectivity index (χ0v) is 10.1. The van der Waals surface area contributed by atoms with Crippen molar-refractivity contribution >= 4 is 5.97 Å². The molecule has 1 N–H and O–H groups in total. The summed E-state index contributed by atoms with van der Waals surface area (Å²) in [6.07, 6.45) is 0.168. The summed E-state index contributed by atoms with van der Waals surface area (Å²) >= 11 is 0. The molecule has 0 radical (unpaired) electrons. The van der Waals surface area contributed by atoms with E-state index in [1.165, 1.54) is 0 Å². The van der Waals surface area contributed by atoms with Gasteiger partial charge in [-0.2, -0.15) is 0 Å². The van der Waals surface area contributed by atoms with E-state index in [4.69, 9.17) is 9.47 Å². The lowest BCUT2D eigenvalue weighted by Gasteiger charge is -2.18. The van der Waals surface area contributed by atoms with Crippen LogP contribution < -0.4 is 10.1 Å². The van der Waals surface area contributed by atoms with E-state index in [1.54, 1.807) is 0 Å². The summed E-state index contributed by atoms with van der Waals surface area (Å²) in [6.45, 7) is 2.50. The molecule has 17 heavy (non-hydrogen) atoms. The molecule has 1 aliphatic rings. The van der Waals surface area contributed by atoms with Gasteiger partial charge in [-0.15, -0.1) is 0 Å². The Morgan fingerprint density at radius 2 is 2.24 bits per heavy atom. The van der Waals surface area contributed by atoms with Gasteiger partial charge in [0.25, 0.3) is 0 Å². The van der Waals surface area contributed by atoms with Crippen molar-refractivity contribution in [3.8, 4) is 5.75 Å². The quantitative estimate of drug-likeness (QED) is 0.806. The maximum Gasteiger partial charge on any atom is 0.347 e. The molecule has 0 aromatic heterocycles. The molecule has 1 heterocycles. The maximum absolute atomic E-state index is 11.4. The highest BCUT2D eigenvalue weighted by atomic mass is 16.6. The van der Waals surface area contributed by atoms with Crippen LogP contribution in [0.5, 0.6) is 5.75 Å². The standard InChI is InChI=1S/C13H17NO3/c1-9(14-2)10-5-3-4-6-11(10)17-12-7-8-16-13(12)15/h3-6,9,12,14H,7-8H2,1-2H3. The molecule has 2 unspecified atom stereocenters. The average molecular weight is 235 g/mol. The molecular weight excluding hydrogens is 218 g/mol. The summed E-state index contributed by atoms with van der Waals surface area (Å²) in [4.78, 5) is 11.4.